The van der Waals surface area contributed by atoms with Crippen molar-refractivity contribution in [2.75, 3.05) is 0 Å². The van der Waals surface area contributed by atoms with Gasteiger partial charge in [0.25, 0.3) is 0 Å². The van der Waals surface area contributed by atoms with E-state index in [1.165, 1.54) is 0 Å². The quantitative estimate of drug-likeness (QED) is 0.747. The highest BCUT2D eigenvalue weighted by Gasteiger charge is 2.27. The van der Waals surface area contributed by atoms with Crippen LogP contribution in [0.15, 0.2) is 18.2 Å². The first-order valence-electron chi connectivity index (χ1n) is 4.32. The number of hydrogen-bond donors (Lipinski definition) is 2. The number of fused-ring (bicyclic) bond motifs is 1. The maximum absolute atomic E-state index is 10.5. The zero-order valence-corrected chi connectivity index (χ0v) is 7.43. The molecule has 0 bridgehead atoms. The number of carbonyl (C=O) groups is 1. The summed E-state index contributed by atoms with van der Waals surface area (Å²) >= 11 is 0. The molecule has 0 aromatic heterocycles. The van der Waals surface area contributed by atoms with Crippen molar-refractivity contribution in [3.8, 4) is 5.75 Å². The molecule has 0 aliphatic carbocycles. The van der Waals surface area contributed by atoms with Crippen molar-refractivity contribution < 1.29 is 19.7 Å². The summed E-state index contributed by atoms with van der Waals surface area (Å²) in [4.78, 5) is 10.5. The number of carboxylic acid groups (broad SMARTS) is 1. The van der Waals surface area contributed by atoms with Gasteiger partial charge in [-0.05, 0) is 11.6 Å². The monoisotopic (exact) mass is 194 g/mol. The van der Waals surface area contributed by atoms with Crippen molar-refractivity contribution >= 4 is 5.97 Å². The van der Waals surface area contributed by atoms with E-state index in [0.717, 1.165) is 5.56 Å². The van der Waals surface area contributed by atoms with E-state index in [0.29, 0.717) is 12.2 Å². The highest BCUT2D eigenvalue weighted by Crippen LogP contribution is 2.37. The van der Waals surface area contributed by atoms with Crippen molar-refractivity contribution in [1.82, 2.24) is 0 Å². The minimum atomic E-state index is -0.897. The molecule has 2 N–H and O–H groups in total. The normalized spacial score (nSPS) is 19.3. The van der Waals surface area contributed by atoms with E-state index >= 15 is 0 Å². The second-order valence-electron chi connectivity index (χ2n) is 3.24. The van der Waals surface area contributed by atoms with E-state index in [4.69, 9.17) is 9.84 Å². The number of hydrogen-bond acceptors (Lipinski definition) is 3. The molecule has 4 heteroatoms. The fourth-order valence-electron chi connectivity index (χ4n) is 1.65. The summed E-state index contributed by atoms with van der Waals surface area (Å²) in [6.07, 6.45) is -0.481. The van der Waals surface area contributed by atoms with E-state index in [1.807, 2.05) is 0 Å². The fraction of sp³-hybridized carbons (Fsp3) is 0.300. The summed E-state index contributed by atoms with van der Waals surface area (Å²) < 4.78 is 5.27. The summed E-state index contributed by atoms with van der Waals surface area (Å²) in [5.41, 5.74) is 1.49. The molecule has 1 aliphatic rings. The second kappa shape index (κ2) is 3.31. The lowest BCUT2D eigenvalue weighted by Crippen LogP contribution is -2.04. The Kier molecular flexibility index (Phi) is 2.13. The third-order valence-electron chi connectivity index (χ3n) is 2.32. The van der Waals surface area contributed by atoms with Crippen molar-refractivity contribution in [3.05, 3.63) is 29.3 Å². The molecule has 74 valence electrons. The second-order valence-corrected chi connectivity index (χ2v) is 3.24. The number of phenols is 1. The Morgan fingerprint density at radius 1 is 1.57 bits per heavy atom. The molecule has 1 aliphatic heterocycles. The fourth-order valence-corrected chi connectivity index (χ4v) is 1.65. The standard InChI is InChI=1S/C10H10O4/c11-8-3-1-2-6-7(8)5-14-9(6)4-10(12)13/h1-3,9,11H,4-5H2,(H,12,13)/t9-/m1/s1. The summed E-state index contributed by atoms with van der Waals surface area (Å²) in [5.74, 6) is -0.721. The Balaban J connectivity index is 2.30. The Morgan fingerprint density at radius 2 is 2.36 bits per heavy atom. The van der Waals surface area contributed by atoms with Gasteiger partial charge in [0, 0.05) is 5.56 Å². The number of aromatic hydroxyl groups is 1. The lowest BCUT2D eigenvalue weighted by molar-refractivity contribution is -0.140. The molecule has 0 saturated heterocycles. The SMILES string of the molecule is O=C(O)C[C@H]1OCc2c(O)cccc21. The van der Waals surface area contributed by atoms with Crippen molar-refractivity contribution in [3.63, 3.8) is 0 Å². The maximum Gasteiger partial charge on any atom is 0.306 e. The molecular formula is C10H10O4. The van der Waals surface area contributed by atoms with Gasteiger partial charge in [0.1, 0.15) is 5.75 Å². The Hall–Kier alpha value is -1.55. The van der Waals surface area contributed by atoms with Gasteiger partial charge in [0.15, 0.2) is 0 Å². The van der Waals surface area contributed by atoms with Gasteiger partial charge in [0.2, 0.25) is 0 Å². The van der Waals surface area contributed by atoms with Crippen LogP contribution in [0.2, 0.25) is 0 Å². The Labute approximate surface area is 80.7 Å². The lowest BCUT2D eigenvalue weighted by Gasteiger charge is -2.07. The molecule has 1 aromatic carbocycles. The molecule has 1 atom stereocenters. The van der Waals surface area contributed by atoms with Gasteiger partial charge in [-0.15, -0.1) is 0 Å². The van der Waals surface area contributed by atoms with Crippen molar-refractivity contribution in [1.29, 1.82) is 0 Å². The van der Waals surface area contributed by atoms with Crippen LogP contribution in [0, 0.1) is 0 Å². The van der Waals surface area contributed by atoms with E-state index in [1.54, 1.807) is 18.2 Å². The first-order valence-corrected chi connectivity index (χ1v) is 4.32. The van der Waals surface area contributed by atoms with Crippen LogP contribution < -0.4 is 0 Å². The summed E-state index contributed by atoms with van der Waals surface area (Å²) in [7, 11) is 0. The molecule has 0 amide bonds. The molecule has 0 spiro atoms. The maximum atomic E-state index is 10.5. The number of phenolic OH excluding ortho intramolecular Hbond substituents is 1. The molecule has 1 heterocycles. The van der Waals surface area contributed by atoms with Gasteiger partial charge < -0.3 is 14.9 Å². The molecule has 0 unspecified atom stereocenters. The molecule has 1 aromatic rings. The first kappa shape index (κ1) is 9.02. The van der Waals surface area contributed by atoms with E-state index in [-0.39, 0.29) is 12.2 Å². The number of ether oxygens (including phenoxy) is 1. The van der Waals surface area contributed by atoms with Crippen LogP contribution >= 0.6 is 0 Å². The first-order chi connectivity index (χ1) is 6.68. The Bertz CT molecular complexity index is 372. The van der Waals surface area contributed by atoms with Crippen LogP contribution in [0.3, 0.4) is 0 Å². The number of rotatable bonds is 2. The zero-order valence-electron chi connectivity index (χ0n) is 7.43. The van der Waals surface area contributed by atoms with Crippen LogP contribution in [-0.4, -0.2) is 16.2 Å². The predicted octanol–water partition coefficient (Wildman–Crippen LogP) is 1.44. The smallest absolute Gasteiger partial charge is 0.306 e. The molecule has 0 saturated carbocycles. The van der Waals surface area contributed by atoms with Gasteiger partial charge in [-0.3, -0.25) is 4.79 Å². The average Bonchev–Trinajstić information content (AvgIpc) is 2.49. The highest BCUT2D eigenvalue weighted by atomic mass is 16.5. The molecule has 4 nitrogen and oxygen atoms in total. The van der Waals surface area contributed by atoms with Crippen LogP contribution in [-0.2, 0) is 16.1 Å². The van der Waals surface area contributed by atoms with Gasteiger partial charge in [-0.1, -0.05) is 12.1 Å². The van der Waals surface area contributed by atoms with Crippen LogP contribution in [0.25, 0.3) is 0 Å². The van der Waals surface area contributed by atoms with E-state index < -0.39 is 12.1 Å². The molecule has 0 radical (unpaired) electrons. The number of aliphatic carboxylic acids is 1. The van der Waals surface area contributed by atoms with Gasteiger partial charge >= 0.3 is 5.97 Å². The van der Waals surface area contributed by atoms with Gasteiger partial charge in [-0.2, -0.15) is 0 Å². The lowest BCUT2D eigenvalue weighted by atomic mass is 10.0. The van der Waals surface area contributed by atoms with Gasteiger partial charge in [-0.25, -0.2) is 0 Å². The van der Waals surface area contributed by atoms with E-state index in [2.05, 4.69) is 0 Å². The predicted molar refractivity (Wildman–Crippen MR) is 47.9 cm³/mol. The third-order valence-corrected chi connectivity index (χ3v) is 2.32. The van der Waals surface area contributed by atoms with E-state index in [9.17, 15) is 9.90 Å². The number of benzene rings is 1. The third kappa shape index (κ3) is 1.44. The molecule has 14 heavy (non-hydrogen) atoms. The highest BCUT2D eigenvalue weighted by molar-refractivity contribution is 5.68. The average molecular weight is 194 g/mol. The summed E-state index contributed by atoms with van der Waals surface area (Å²) in [6.45, 7) is 0.292. The van der Waals surface area contributed by atoms with Crippen LogP contribution in [0.5, 0.6) is 5.75 Å². The van der Waals surface area contributed by atoms with Crippen LogP contribution in [0.4, 0.5) is 0 Å². The molecular weight excluding hydrogens is 184 g/mol. The molecule has 2 rings (SSSR count). The van der Waals surface area contributed by atoms with Crippen molar-refractivity contribution in [2.24, 2.45) is 0 Å². The zero-order chi connectivity index (χ0) is 10.1. The van der Waals surface area contributed by atoms with Crippen molar-refractivity contribution in [2.45, 2.75) is 19.1 Å². The molecule has 0 fully saturated rings. The topological polar surface area (TPSA) is 66.8 Å². The largest absolute Gasteiger partial charge is 0.508 e. The number of carboxylic acids is 1. The summed E-state index contributed by atoms with van der Waals surface area (Å²) in [5, 5.41) is 18.1. The van der Waals surface area contributed by atoms with Gasteiger partial charge in [0.05, 0.1) is 19.1 Å². The van der Waals surface area contributed by atoms with Crippen LogP contribution in [0.1, 0.15) is 23.7 Å². The Morgan fingerprint density at radius 3 is 3.07 bits per heavy atom. The minimum Gasteiger partial charge on any atom is -0.508 e. The minimum absolute atomic E-state index is 0.0591. The summed E-state index contributed by atoms with van der Waals surface area (Å²) in [6, 6.07) is 5.05.